The van der Waals surface area contributed by atoms with E-state index in [2.05, 4.69) is 15.5 Å². The summed E-state index contributed by atoms with van der Waals surface area (Å²) < 4.78 is 38.0. The number of alkyl halides is 3. The molecule has 0 spiro atoms. The van der Waals surface area contributed by atoms with Crippen LogP contribution in [0.1, 0.15) is 34.6 Å². The minimum absolute atomic E-state index is 0.0574. The van der Waals surface area contributed by atoms with Gasteiger partial charge in [0.05, 0.1) is 11.3 Å². The molecule has 1 fully saturated rings. The number of aromatic amines is 1. The summed E-state index contributed by atoms with van der Waals surface area (Å²) in [5, 5.41) is 8.42. The maximum Gasteiger partial charge on any atom is 0.411 e. The molecule has 2 rings (SSSR count). The first-order valence-corrected chi connectivity index (χ1v) is 5.18. The Hall–Kier alpha value is -1.53. The van der Waals surface area contributed by atoms with E-state index in [1.165, 1.54) is 0 Å². The second-order valence-corrected chi connectivity index (χ2v) is 4.34. The molecule has 0 unspecified atom stereocenters. The number of H-pyrrole nitrogens is 1. The molecule has 4 nitrogen and oxygen atoms in total. The van der Waals surface area contributed by atoms with E-state index >= 15 is 0 Å². The van der Waals surface area contributed by atoms with Crippen molar-refractivity contribution < 1.29 is 18.0 Å². The van der Waals surface area contributed by atoms with Crippen molar-refractivity contribution in [1.29, 1.82) is 0 Å². The van der Waals surface area contributed by atoms with Gasteiger partial charge in [-0.15, -0.1) is 0 Å². The van der Waals surface area contributed by atoms with Crippen LogP contribution in [0.15, 0.2) is 0 Å². The molecule has 17 heavy (non-hydrogen) atoms. The third-order valence-electron chi connectivity index (χ3n) is 3.00. The number of aromatic nitrogens is 2. The summed E-state index contributed by atoms with van der Waals surface area (Å²) in [6.07, 6.45) is -4.51. The number of halogens is 3. The Morgan fingerprint density at radius 3 is 2.35 bits per heavy atom. The summed E-state index contributed by atoms with van der Waals surface area (Å²) >= 11 is 0. The van der Waals surface area contributed by atoms with Crippen LogP contribution in [0.2, 0.25) is 0 Å². The predicted octanol–water partition coefficient (Wildman–Crippen LogP) is 1.85. The lowest BCUT2D eigenvalue weighted by molar-refractivity contribution is -0.163. The second kappa shape index (κ2) is 3.48. The molecule has 0 saturated heterocycles. The van der Waals surface area contributed by atoms with E-state index in [-0.39, 0.29) is 18.4 Å². The van der Waals surface area contributed by atoms with Gasteiger partial charge in [0, 0.05) is 5.69 Å². The molecule has 1 saturated carbocycles. The van der Waals surface area contributed by atoms with E-state index < -0.39 is 17.6 Å². The van der Waals surface area contributed by atoms with E-state index in [9.17, 15) is 18.0 Å². The number of aryl methyl sites for hydroxylation is 2. The summed E-state index contributed by atoms with van der Waals surface area (Å²) in [5.41, 5.74) is -0.961. The average molecular weight is 247 g/mol. The SMILES string of the molecule is Cc1n[nH]c(C)c1C(=O)NC1(C(F)(F)F)CC1. The van der Waals surface area contributed by atoms with Crippen molar-refractivity contribution in [3.05, 3.63) is 17.0 Å². The van der Waals surface area contributed by atoms with E-state index in [0.717, 1.165) is 0 Å². The van der Waals surface area contributed by atoms with Crippen molar-refractivity contribution in [2.24, 2.45) is 0 Å². The predicted molar refractivity (Wildman–Crippen MR) is 53.5 cm³/mol. The Morgan fingerprint density at radius 1 is 1.41 bits per heavy atom. The van der Waals surface area contributed by atoms with Crippen LogP contribution in [0.3, 0.4) is 0 Å². The van der Waals surface area contributed by atoms with Crippen molar-refractivity contribution in [2.45, 2.75) is 38.4 Å². The summed E-state index contributed by atoms with van der Waals surface area (Å²) in [5.74, 6) is -0.719. The monoisotopic (exact) mass is 247 g/mol. The summed E-state index contributed by atoms with van der Waals surface area (Å²) in [6, 6.07) is 0. The molecular formula is C10H12F3N3O. The van der Waals surface area contributed by atoms with Gasteiger partial charge in [-0.1, -0.05) is 0 Å². The van der Waals surface area contributed by atoms with Crippen LogP contribution in [-0.2, 0) is 0 Å². The fourth-order valence-electron chi connectivity index (χ4n) is 1.77. The maximum atomic E-state index is 12.7. The molecule has 7 heteroatoms. The van der Waals surface area contributed by atoms with E-state index in [1.54, 1.807) is 13.8 Å². The fourth-order valence-corrected chi connectivity index (χ4v) is 1.77. The lowest BCUT2D eigenvalue weighted by atomic mass is 10.1. The number of hydrogen-bond donors (Lipinski definition) is 2. The van der Waals surface area contributed by atoms with Gasteiger partial charge in [0.1, 0.15) is 5.54 Å². The van der Waals surface area contributed by atoms with Gasteiger partial charge in [-0.05, 0) is 26.7 Å². The Labute approximate surface area is 95.6 Å². The highest BCUT2D eigenvalue weighted by molar-refractivity contribution is 5.97. The average Bonchev–Trinajstić information content (AvgIpc) is 2.88. The highest BCUT2D eigenvalue weighted by Gasteiger charge is 2.64. The van der Waals surface area contributed by atoms with Gasteiger partial charge in [0.25, 0.3) is 5.91 Å². The zero-order valence-electron chi connectivity index (χ0n) is 9.40. The first kappa shape index (κ1) is 11.9. The van der Waals surface area contributed by atoms with Gasteiger partial charge in [-0.2, -0.15) is 18.3 Å². The topological polar surface area (TPSA) is 57.8 Å². The first-order chi connectivity index (χ1) is 7.77. The summed E-state index contributed by atoms with van der Waals surface area (Å²) in [4.78, 5) is 11.8. The van der Waals surface area contributed by atoms with E-state index in [4.69, 9.17) is 0 Å². The molecule has 2 N–H and O–H groups in total. The number of nitrogens with zero attached hydrogens (tertiary/aromatic N) is 1. The van der Waals surface area contributed by atoms with Crippen LogP contribution in [-0.4, -0.2) is 27.8 Å². The van der Waals surface area contributed by atoms with E-state index in [1.807, 2.05) is 0 Å². The molecule has 1 heterocycles. The van der Waals surface area contributed by atoms with Crippen LogP contribution in [0.25, 0.3) is 0 Å². The summed E-state index contributed by atoms with van der Waals surface area (Å²) in [6.45, 7) is 3.17. The van der Waals surface area contributed by atoms with Crippen LogP contribution in [0, 0.1) is 13.8 Å². The molecule has 1 aromatic rings. The number of carbonyl (C=O) groups excluding carboxylic acids is 1. The van der Waals surface area contributed by atoms with Gasteiger partial charge < -0.3 is 5.32 Å². The quantitative estimate of drug-likeness (QED) is 0.837. The highest BCUT2D eigenvalue weighted by Crippen LogP contribution is 2.49. The third-order valence-corrected chi connectivity index (χ3v) is 3.00. The fraction of sp³-hybridized carbons (Fsp3) is 0.600. The number of carbonyl (C=O) groups is 1. The van der Waals surface area contributed by atoms with Gasteiger partial charge in [-0.25, -0.2) is 0 Å². The van der Waals surface area contributed by atoms with Crippen LogP contribution < -0.4 is 5.32 Å². The minimum atomic E-state index is -4.39. The highest BCUT2D eigenvalue weighted by atomic mass is 19.4. The van der Waals surface area contributed by atoms with Crippen LogP contribution in [0.4, 0.5) is 13.2 Å². The number of rotatable bonds is 2. The molecule has 94 valence electrons. The number of nitrogens with one attached hydrogen (secondary N) is 2. The largest absolute Gasteiger partial charge is 0.411 e. The summed E-state index contributed by atoms with van der Waals surface area (Å²) in [7, 11) is 0. The molecule has 1 aromatic heterocycles. The lowest BCUT2D eigenvalue weighted by Gasteiger charge is -2.20. The standard InChI is InChI=1S/C10H12F3N3O/c1-5-7(6(2)16-15-5)8(17)14-9(3-4-9)10(11,12)13/h3-4H2,1-2H3,(H,14,17)(H,15,16). The Balaban J connectivity index is 2.19. The van der Waals surface area contributed by atoms with Crippen molar-refractivity contribution in [3.63, 3.8) is 0 Å². The molecule has 1 amide bonds. The lowest BCUT2D eigenvalue weighted by Crippen LogP contribution is -2.48. The van der Waals surface area contributed by atoms with Crippen molar-refractivity contribution >= 4 is 5.91 Å². The molecular weight excluding hydrogens is 235 g/mol. The smallest absolute Gasteiger partial charge is 0.338 e. The van der Waals surface area contributed by atoms with Gasteiger partial charge >= 0.3 is 6.18 Å². The van der Waals surface area contributed by atoms with Gasteiger partial charge in [0.15, 0.2) is 0 Å². The van der Waals surface area contributed by atoms with Crippen molar-refractivity contribution in [3.8, 4) is 0 Å². The third kappa shape index (κ3) is 1.89. The zero-order chi connectivity index (χ0) is 12.8. The second-order valence-electron chi connectivity index (χ2n) is 4.34. The molecule has 1 aliphatic rings. The Kier molecular flexibility index (Phi) is 2.44. The normalized spacial score (nSPS) is 17.9. The Bertz CT molecular complexity index is 440. The van der Waals surface area contributed by atoms with Crippen molar-refractivity contribution in [2.75, 3.05) is 0 Å². The first-order valence-electron chi connectivity index (χ1n) is 5.18. The number of amides is 1. The molecule has 1 aliphatic carbocycles. The zero-order valence-corrected chi connectivity index (χ0v) is 9.40. The molecule has 0 aliphatic heterocycles. The van der Waals surface area contributed by atoms with Gasteiger partial charge in [-0.3, -0.25) is 9.89 Å². The number of hydrogen-bond acceptors (Lipinski definition) is 2. The Morgan fingerprint density at radius 2 is 2.00 bits per heavy atom. The van der Waals surface area contributed by atoms with Gasteiger partial charge in [0.2, 0.25) is 0 Å². The van der Waals surface area contributed by atoms with Crippen molar-refractivity contribution in [1.82, 2.24) is 15.5 Å². The van der Waals surface area contributed by atoms with E-state index in [0.29, 0.717) is 11.4 Å². The molecule has 0 bridgehead atoms. The molecule has 0 radical (unpaired) electrons. The van der Waals surface area contributed by atoms with Crippen LogP contribution >= 0.6 is 0 Å². The molecule has 0 aromatic carbocycles. The van der Waals surface area contributed by atoms with Crippen LogP contribution in [0.5, 0.6) is 0 Å². The maximum absolute atomic E-state index is 12.7. The molecule has 0 atom stereocenters. The minimum Gasteiger partial charge on any atom is -0.338 e.